The maximum absolute atomic E-state index is 12.2. The van der Waals surface area contributed by atoms with Gasteiger partial charge in [0.15, 0.2) is 0 Å². The maximum Gasteiger partial charge on any atom is 0.502 e. The first-order valence-electron chi connectivity index (χ1n) is 2.57. The number of halogens is 4. The van der Waals surface area contributed by atoms with Gasteiger partial charge in [0, 0.05) is 0 Å². The van der Waals surface area contributed by atoms with Gasteiger partial charge in [-0.1, -0.05) is 0 Å². The largest absolute Gasteiger partial charge is 0.502 e. The Bertz CT molecular complexity index is 402. The van der Waals surface area contributed by atoms with Crippen LogP contribution in [0.3, 0.4) is 0 Å². The highest BCUT2D eigenvalue weighted by atomic mass is 32.2. The van der Waals surface area contributed by atoms with E-state index in [0.717, 1.165) is 0 Å². The molecule has 1 aliphatic rings. The molecule has 0 aromatic carbocycles. The third-order valence-electron chi connectivity index (χ3n) is 0.996. The molecule has 1 heterocycles. The molecule has 1 aliphatic heterocycles. The van der Waals surface area contributed by atoms with Crippen molar-refractivity contribution in [3.8, 4) is 0 Å². The van der Waals surface area contributed by atoms with Crippen molar-refractivity contribution in [2.45, 2.75) is 10.9 Å². The van der Waals surface area contributed by atoms with E-state index in [2.05, 4.69) is 8.37 Å². The van der Waals surface area contributed by atoms with Gasteiger partial charge in [0.05, 0.1) is 0 Å². The number of hydrogen-bond acceptors (Lipinski definition) is 6. The van der Waals surface area contributed by atoms with E-state index < -0.39 is 31.1 Å². The summed E-state index contributed by atoms with van der Waals surface area (Å²) >= 11 is 0. The van der Waals surface area contributed by atoms with Crippen molar-refractivity contribution in [1.29, 1.82) is 0 Å². The minimum Gasteiger partial charge on any atom is -0.190 e. The van der Waals surface area contributed by atoms with Crippen LogP contribution in [0.2, 0.25) is 0 Å². The van der Waals surface area contributed by atoms with Gasteiger partial charge in [0.1, 0.15) is 0 Å². The monoisotopic (exact) mass is 260 g/mol. The minimum absolute atomic E-state index is 2.47. The Labute approximate surface area is 74.7 Å². The Morgan fingerprint density at radius 3 is 1.14 bits per heavy atom. The predicted molar refractivity (Wildman–Crippen MR) is 29.9 cm³/mol. The number of rotatable bonds is 0. The van der Waals surface area contributed by atoms with Crippen molar-refractivity contribution in [3.05, 3.63) is 0 Å². The molecule has 0 N–H and O–H groups in total. The maximum atomic E-state index is 12.2. The summed E-state index contributed by atoms with van der Waals surface area (Å²) in [7, 11) is -12.2. The van der Waals surface area contributed by atoms with Crippen molar-refractivity contribution < 1.29 is 42.8 Å². The third-order valence-corrected chi connectivity index (χ3v) is 3.39. The second-order valence-electron chi connectivity index (χ2n) is 2.00. The topological polar surface area (TPSA) is 86.7 Å². The van der Waals surface area contributed by atoms with Crippen molar-refractivity contribution in [2.24, 2.45) is 0 Å². The molecule has 0 bridgehead atoms. The SMILES string of the molecule is O=S1(=O)OC(F)(F)S(=O)(=O)OC1(F)F. The van der Waals surface area contributed by atoms with Crippen LogP contribution in [0.4, 0.5) is 17.6 Å². The molecule has 84 valence electrons. The lowest BCUT2D eigenvalue weighted by Gasteiger charge is -2.25. The summed E-state index contributed by atoms with van der Waals surface area (Å²) < 4.78 is 94.3. The minimum atomic E-state index is -6.12. The zero-order valence-electron chi connectivity index (χ0n) is 5.78. The van der Waals surface area contributed by atoms with Crippen LogP contribution in [0, 0.1) is 0 Å². The Morgan fingerprint density at radius 1 is 0.714 bits per heavy atom. The molecule has 1 saturated heterocycles. The van der Waals surface area contributed by atoms with Crippen molar-refractivity contribution in [3.63, 3.8) is 0 Å². The lowest BCUT2D eigenvalue weighted by atomic mass is 11.5. The van der Waals surface area contributed by atoms with Gasteiger partial charge in [-0.15, -0.1) is 0 Å². The highest BCUT2D eigenvalue weighted by Gasteiger charge is 2.69. The van der Waals surface area contributed by atoms with Gasteiger partial charge in [0.25, 0.3) is 0 Å². The fourth-order valence-corrected chi connectivity index (χ4v) is 2.34. The number of alkyl halides is 4. The van der Waals surface area contributed by atoms with Crippen LogP contribution in [0.15, 0.2) is 0 Å². The van der Waals surface area contributed by atoms with E-state index in [9.17, 15) is 34.4 Å². The van der Waals surface area contributed by atoms with E-state index in [1.165, 1.54) is 0 Å². The molecule has 0 atom stereocenters. The van der Waals surface area contributed by atoms with Gasteiger partial charge in [-0.2, -0.15) is 42.8 Å². The van der Waals surface area contributed by atoms with E-state index in [0.29, 0.717) is 0 Å². The molecule has 0 aromatic rings. The molecule has 12 heteroatoms. The summed E-state index contributed by atoms with van der Waals surface area (Å²) in [6.45, 7) is 0. The van der Waals surface area contributed by atoms with Gasteiger partial charge >= 0.3 is 31.1 Å². The Kier molecular flexibility index (Phi) is 2.12. The Hall–Kier alpha value is -0.460. The van der Waals surface area contributed by atoms with E-state index in [1.54, 1.807) is 0 Å². The highest BCUT2D eigenvalue weighted by Crippen LogP contribution is 2.41. The molecule has 0 aliphatic carbocycles. The van der Waals surface area contributed by atoms with Gasteiger partial charge in [-0.25, -0.2) is 0 Å². The van der Waals surface area contributed by atoms with Crippen molar-refractivity contribution in [2.75, 3.05) is 0 Å². The van der Waals surface area contributed by atoms with E-state index >= 15 is 0 Å². The van der Waals surface area contributed by atoms with Crippen molar-refractivity contribution in [1.82, 2.24) is 0 Å². The highest BCUT2D eigenvalue weighted by molar-refractivity contribution is 7.93. The summed E-state index contributed by atoms with van der Waals surface area (Å²) in [6.07, 6.45) is 0. The van der Waals surface area contributed by atoms with Crippen LogP contribution in [0.25, 0.3) is 0 Å². The molecule has 1 rings (SSSR count). The molecular weight excluding hydrogens is 260 g/mol. The van der Waals surface area contributed by atoms with Crippen molar-refractivity contribution >= 4 is 20.2 Å². The molecular formula is C2F4O6S2. The second kappa shape index (κ2) is 2.56. The smallest absolute Gasteiger partial charge is 0.190 e. The average Bonchev–Trinajstić information content (AvgIpc) is 1.78. The molecule has 14 heavy (non-hydrogen) atoms. The Morgan fingerprint density at radius 2 is 0.929 bits per heavy atom. The summed E-state index contributed by atoms with van der Waals surface area (Å²) in [6, 6.07) is 0. The van der Waals surface area contributed by atoms with Crippen LogP contribution in [-0.4, -0.2) is 27.7 Å². The first-order chi connectivity index (χ1) is 5.91. The molecule has 1 fully saturated rings. The predicted octanol–water partition coefficient (Wildman–Crippen LogP) is -0.207. The van der Waals surface area contributed by atoms with E-state index in [4.69, 9.17) is 0 Å². The molecule has 0 amide bonds. The van der Waals surface area contributed by atoms with Gasteiger partial charge in [-0.3, -0.25) is 0 Å². The average molecular weight is 260 g/mol. The molecule has 0 radical (unpaired) electrons. The van der Waals surface area contributed by atoms with Gasteiger partial charge in [-0.05, 0) is 0 Å². The fourth-order valence-electron chi connectivity index (χ4n) is 0.436. The quantitative estimate of drug-likeness (QED) is 0.442. The van der Waals surface area contributed by atoms with Crippen LogP contribution < -0.4 is 0 Å². The second-order valence-corrected chi connectivity index (χ2v) is 5.10. The van der Waals surface area contributed by atoms with Crippen LogP contribution >= 0.6 is 0 Å². The van der Waals surface area contributed by atoms with Crippen LogP contribution in [0.1, 0.15) is 0 Å². The summed E-state index contributed by atoms with van der Waals surface area (Å²) in [5, 5.41) is 0. The lowest BCUT2D eigenvalue weighted by Crippen LogP contribution is -2.51. The fraction of sp³-hybridized carbons (Fsp3) is 1.00. The molecule has 0 spiro atoms. The lowest BCUT2D eigenvalue weighted by molar-refractivity contribution is -0.177. The van der Waals surface area contributed by atoms with Gasteiger partial charge in [0.2, 0.25) is 0 Å². The van der Waals surface area contributed by atoms with E-state index in [-0.39, 0.29) is 0 Å². The Balaban J connectivity index is 3.36. The number of hydrogen-bond donors (Lipinski definition) is 0. The first-order valence-corrected chi connectivity index (χ1v) is 5.39. The molecule has 6 nitrogen and oxygen atoms in total. The van der Waals surface area contributed by atoms with Crippen LogP contribution in [0.5, 0.6) is 0 Å². The first kappa shape index (κ1) is 11.6. The van der Waals surface area contributed by atoms with E-state index in [1.807, 2.05) is 0 Å². The molecule has 0 unspecified atom stereocenters. The normalized spacial score (nSPS) is 32.3. The van der Waals surface area contributed by atoms with Gasteiger partial charge < -0.3 is 0 Å². The van der Waals surface area contributed by atoms with Crippen LogP contribution in [-0.2, 0) is 28.6 Å². The molecule has 0 saturated carbocycles. The zero-order chi connectivity index (χ0) is 11.4. The standard InChI is InChI=1S/C2F4O6S2/c3-1(4)11-14(9,10)2(5,6)12-13(1,7)8. The molecule has 0 aromatic heterocycles. The summed E-state index contributed by atoms with van der Waals surface area (Å²) in [5.41, 5.74) is -10.7. The summed E-state index contributed by atoms with van der Waals surface area (Å²) in [5.74, 6) is 0. The summed E-state index contributed by atoms with van der Waals surface area (Å²) in [4.78, 5) is 0. The third kappa shape index (κ3) is 1.47. The zero-order valence-corrected chi connectivity index (χ0v) is 7.41.